The largest absolute Gasteiger partial charge is 0.250 e. The fourth-order valence-corrected chi connectivity index (χ4v) is 1.39. The lowest BCUT2D eigenvalue weighted by Crippen LogP contribution is -1.83. The molecule has 0 aliphatic rings. The molecule has 0 radical (unpaired) electrons. The highest BCUT2D eigenvalue weighted by Crippen LogP contribution is 2.12. The van der Waals surface area contributed by atoms with Crippen molar-refractivity contribution in [1.29, 1.82) is 0 Å². The molecule has 0 aliphatic heterocycles. The van der Waals surface area contributed by atoms with E-state index in [1.165, 1.54) is 5.41 Å². The van der Waals surface area contributed by atoms with Crippen molar-refractivity contribution in [1.82, 2.24) is 0 Å². The van der Waals surface area contributed by atoms with Gasteiger partial charge in [0.25, 0.3) is 0 Å². The van der Waals surface area contributed by atoms with Crippen LogP contribution in [-0.2, 0) is 10.8 Å². The molecule has 1 aromatic rings. The molecule has 1 atom stereocenters. The summed E-state index contributed by atoms with van der Waals surface area (Å²) < 4.78 is 11.1. The molecule has 0 amide bonds. The first-order chi connectivity index (χ1) is 5.24. The molecule has 0 bridgehead atoms. The van der Waals surface area contributed by atoms with E-state index >= 15 is 0 Å². The van der Waals surface area contributed by atoms with Crippen molar-refractivity contribution in [3.63, 3.8) is 0 Å². The second-order valence-corrected chi connectivity index (χ2v) is 3.75. The van der Waals surface area contributed by atoms with Crippen molar-refractivity contribution in [3.8, 4) is 0 Å². The van der Waals surface area contributed by atoms with Crippen LogP contribution in [0.5, 0.6) is 0 Å². The summed E-state index contributed by atoms with van der Waals surface area (Å²) >= 11 is 5.63. The molecule has 3 heteroatoms. The van der Waals surface area contributed by atoms with Gasteiger partial charge >= 0.3 is 0 Å². The van der Waals surface area contributed by atoms with E-state index in [4.69, 9.17) is 11.6 Å². The monoisotopic (exact) mass is 186 g/mol. The minimum absolute atomic E-state index is 0.648. The van der Waals surface area contributed by atoms with Crippen LogP contribution in [0.1, 0.15) is 0 Å². The normalized spacial score (nSPS) is 12.5. The van der Waals surface area contributed by atoms with Crippen LogP contribution in [0.15, 0.2) is 41.1 Å². The highest BCUT2D eigenvalue weighted by Gasteiger charge is 1.96. The molecule has 1 rings (SSSR count). The molecule has 0 unspecified atom stereocenters. The van der Waals surface area contributed by atoms with Crippen molar-refractivity contribution in [2.45, 2.75) is 4.90 Å². The molecule has 0 spiro atoms. The Labute approximate surface area is 73.1 Å². The molecule has 58 valence electrons. The van der Waals surface area contributed by atoms with E-state index in [1.54, 1.807) is 24.3 Å². The van der Waals surface area contributed by atoms with E-state index in [2.05, 4.69) is 6.58 Å². The number of benzene rings is 1. The summed E-state index contributed by atoms with van der Waals surface area (Å²) in [4.78, 5) is 0.726. The Hall–Kier alpha value is -0.600. The van der Waals surface area contributed by atoms with Crippen LogP contribution in [0.25, 0.3) is 0 Å². The van der Waals surface area contributed by atoms with E-state index in [0.29, 0.717) is 5.02 Å². The smallest absolute Gasteiger partial charge is 0.0769 e. The Bertz CT molecular complexity index is 279. The maximum absolute atomic E-state index is 11.1. The SMILES string of the molecule is C=C[S@](=O)c1ccc(Cl)cc1. The molecule has 0 aliphatic carbocycles. The maximum atomic E-state index is 11.1. The summed E-state index contributed by atoms with van der Waals surface area (Å²) in [7, 11) is -1.09. The number of hydrogen-bond acceptors (Lipinski definition) is 1. The van der Waals surface area contributed by atoms with Gasteiger partial charge in [-0.1, -0.05) is 18.2 Å². The third-order valence-corrected chi connectivity index (χ3v) is 2.49. The molecule has 1 aromatic carbocycles. The standard InChI is InChI=1S/C8H7ClOS/c1-2-11(10)8-5-3-7(9)4-6-8/h2-6H,1H2/t11-/m0/s1. The quantitative estimate of drug-likeness (QED) is 0.694. The van der Waals surface area contributed by atoms with E-state index < -0.39 is 10.8 Å². The van der Waals surface area contributed by atoms with Gasteiger partial charge in [-0.3, -0.25) is 0 Å². The van der Waals surface area contributed by atoms with E-state index in [-0.39, 0.29) is 0 Å². The molecular weight excluding hydrogens is 180 g/mol. The summed E-state index contributed by atoms with van der Waals surface area (Å²) in [5.74, 6) is 0. The van der Waals surface area contributed by atoms with Gasteiger partial charge < -0.3 is 0 Å². The van der Waals surface area contributed by atoms with Gasteiger partial charge in [-0.25, -0.2) is 4.21 Å². The Morgan fingerprint density at radius 2 is 1.91 bits per heavy atom. The van der Waals surface area contributed by atoms with Crippen LogP contribution < -0.4 is 0 Å². The van der Waals surface area contributed by atoms with E-state index in [0.717, 1.165) is 4.90 Å². The van der Waals surface area contributed by atoms with E-state index in [1.807, 2.05) is 0 Å². The molecule has 0 aromatic heterocycles. The fourth-order valence-electron chi connectivity index (χ4n) is 0.665. The van der Waals surface area contributed by atoms with Crippen molar-refractivity contribution < 1.29 is 4.21 Å². The highest BCUT2D eigenvalue weighted by atomic mass is 35.5. The van der Waals surface area contributed by atoms with Gasteiger partial charge in [0, 0.05) is 15.3 Å². The predicted molar refractivity (Wildman–Crippen MR) is 48.1 cm³/mol. The number of hydrogen-bond donors (Lipinski definition) is 0. The Morgan fingerprint density at radius 3 is 2.36 bits per heavy atom. The molecule has 0 saturated heterocycles. The first kappa shape index (κ1) is 8.50. The molecule has 1 nitrogen and oxygen atoms in total. The third kappa shape index (κ3) is 2.17. The lowest BCUT2D eigenvalue weighted by atomic mass is 10.4. The average molecular weight is 187 g/mol. The lowest BCUT2D eigenvalue weighted by Gasteiger charge is -1.94. The highest BCUT2D eigenvalue weighted by molar-refractivity contribution is 7.88. The molecule has 0 fully saturated rings. The molecule has 0 saturated carbocycles. The minimum atomic E-state index is -1.09. The van der Waals surface area contributed by atoms with Crippen LogP contribution in [0, 0.1) is 0 Å². The minimum Gasteiger partial charge on any atom is -0.250 e. The zero-order valence-corrected chi connectivity index (χ0v) is 7.36. The van der Waals surface area contributed by atoms with Crippen LogP contribution in [-0.4, -0.2) is 4.21 Å². The fraction of sp³-hybridized carbons (Fsp3) is 0. The Balaban J connectivity index is 2.98. The zero-order chi connectivity index (χ0) is 8.27. The molecule has 0 heterocycles. The lowest BCUT2D eigenvalue weighted by molar-refractivity contribution is 0.688. The first-order valence-electron chi connectivity index (χ1n) is 3.03. The van der Waals surface area contributed by atoms with Gasteiger partial charge in [-0.05, 0) is 24.3 Å². The van der Waals surface area contributed by atoms with Crippen LogP contribution in [0.3, 0.4) is 0 Å². The van der Waals surface area contributed by atoms with Gasteiger partial charge in [0.1, 0.15) is 0 Å². The Kier molecular flexibility index (Phi) is 2.85. The summed E-state index contributed by atoms with van der Waals surface area (Å²) in [6.45, 7) is 3.43. The van der Waals surface area contributed by atoms with Gasteiger partial charge in [0.15, 0.2) is 0 Å². The van der Waals surface area contributed by atoms with Gasteiger partial charge in [-0.2, -0.15) is 0 Å². The van der Waals surface area contributed by atoms with E-state index in [9.17, 15) is 4.21 Å². The van der Waals surface area contributed by atoms with Crippen LogP contribution in [0.2, 0.25) is 5.02 Å². The van der Waals surface area contributed by atoms with Gasteiger partial charge in [0.2, 0.25) is 0 Å². The van der Waals surface area contributed by atoms with Crippen molar-refractivity contribution in [3.05, 3.63) is 41.3 Å². The number of halogens is 1. The Morgan fingerprint density at radius 1 is 1.36 bits per heavy atom. The molecule has 11 heavy (non-hydrogen) atoms. The summed E-state index contributed by atoms with van der Waals surface area (Å²) in [5.41, 5.74) is 0. The predicted octanol–water partition coefficient (Wildman–Crippen LogP) is 2.59. The van der Waals surface area contributed by atoms with Crippen LogP contribution in [0.4, 0.5) is 0 Å². The topological polar surface area (TPSA) is 17.1 Å². The van der Waals surface area contributed by atoms with Crippen molar-refractivity contribution >= 4 is 22.4 Å². The summed E-state index contributed by atoms with van der Waals surface area (Å²) in [6, 6.07) is 6.86. The maximum Gasteiger partial charge on any atom is 0.0769 e. The first-order valence-corrected chi connectivity index (χ1v) is 4.62. The molecular formula is C8H7ClOS. The summed E-state index contributed by atoms with van der Waals surface area (Å²) in [5, 5.41) is 2.04. The molecule has 0 N–H and O–H groups in total. The summed E-state index contributed by atoms with van der Waals surface area (Å²) in [6.07, 6.45) is 0. The van der Waals surface area contributed by atoms with Crippen molar-refractivity contribution in [2.24, 2.45) is 0 Å². The van der Waals surface area contributed by atoms with Gasteiger partial charge in [0.05, 0.1) is 10.8 Å². The van der Waals surface area contributed by atoms with Gasteiger partial charge in [-0.15, -0.1) is 0 Å². The van der Waals surface area contributed by atoms with Crippen molar-refractivity contribution in [2.75, 3.05) is 0 Å². The average Bonchev–Trinajstić information content (AvgIpc) is 2.05. The zero-order valence-electron chi connectivity index (χ0n) is 5.79. The second-order valence-electron chi connectivity index (χ2n) is 1.92. The third-order valence-electron chi connectivity index (χ3n) is 1.20. The number of rotatable bonds is 2. The van der Waals surface area contributed by atoms with Crippen LogP contribution >= 0.6 is 11.6 Å². The second kappa shape index (κ2) is 3.69.